The first-order valence-electron chi connectivity index (χ1n) is 7.35. The summed E-state index contributed by atoms with van der Waals surface area (Å²) in [6.45, 7) is 4.34. The fourth-order valence-corrected chi connectivity index (χ4v) is 3.60. The molecule has 2 aliphatic rings. The van der Waals surface area contributed by atoms with Crippen LogP contribution in [0.1, 0.15) is 29.8 Å². The number of fused-ring (bicyclic) bond motifs is 5. The second-order valence-corrected chi connectivity index (χ2v) is 5.78. The van der Waals surface area contributed by atoms with Crippen LogP contribution >= 0.6 is 0 Å². The lowest BCUT2D eigenvalue weighted by Gasteiger charge is -2.42. The van der Waals surface area contributed by atoms with Gasteiger partial charge in [0.15, 0.2) is 0 Å². The average molecular weight is 265 g/mol. The zero-order chi connectivity index (χ0) is 13.5. The predicted molar refractivity (Wildman–Crippen MR) is 81.0 cm³/mol. The monoisotopic (exact) mass is 265 g/mol. The molecule has 2 atom stereocenters. The van der Waals surface area contributed by atoms with E-state index in [-0.39, 0.29) is 0 Å². The van der Waals surface area contributed by atoms with E-state index >= 15 is 0 Å². The SMILES string of the molecule is CC1CNCC2c3ccccc3Cc3ncccc3N12. The van der Waals surface area contributed by atoms with E-state index in [4.69, 9.17) is 0 Å². The van der Waals surface area contributed by atoms with Crippen molar-refractivity contribution in [2.45, 2.75) is 25.4 Å². The number of hydrogen-bond acceptors (Lipinski definition) is 3. The molecule has 3 nitrogen and oxygen atoms in total. The maximum absolute atomic E-state index is 4.64. The number of aromatic nitrogens is 1. The van der Waals surface area contributed by atoms with Crippen LogP contribution in [0.3, 0.4) is 0 Å². The number of piperazine rings is 1. The van der Waals surface area contributed by atoms with Crippen LogP contribution in [0, 0.1) is 0 Å². The zero-order valence-corrected chi connectivity index (χ0v) is 11.7. The van der Waals surface area contributed by atoms with E-state index in [1.807, 2.05) is 6.20 Å². The van der Waals surface area contributed by atoms with E-state index in [9.17, 15) is 0 Å². The fourth-order valence-electron chi connectivity index (χ4n) is 3.60. The minimum atomic E-state index is 0.417. The van der Waals surface area contributed by atoms with Crippen molar-refractivity contribution in [3.8, 4) is 0 Å². The van der Waals surface area contributed by atoms with Gasteiger partial charge in [0, 0.05) is 31.7 Å². The third-order valence-electron chi connectivity index (χ3n) is 4.50. The first-order valence-corrected chi connectivity index (χ1v) is 7.35. The molecule has 1 N–H and O–H groups in total. The van der Waals surface area contributed by atoms with Crippen molar-refractivity contribution in [2.75, 3.05) is 18.0 Å². The molecule has 2 aromatic rings. The highest BCUT2D eigenvalue weighted by molar-refractivity contribution is 5.59. The van der Waals surface area contributed by atoms with Gasteiger partial charge in [-0.15, -0.1) is 0 Å². The summed E-state index contributed by atoms with van der Waals surface area (Å²) in [6.07, 6.45) is 2.85. The van der Waals surface area contributed by atoms with Gasteiger partial charge >= 0.3 is 0 Å². The summed E-state index contributed by atoms with van der Waals surface area (Å²) in [5.74, 6) is 0. The molecule has 1 aromatic carbocycles. The smallest absolute Gasteiger partial charge is 0.0680 e. The van der Waals surface area contributed by atoms with Crippen molar-refractivity contribution in [3.63, 3.8) is 0 Å². The molecule has 1 fully saturated rings. The van der Waals surface area contributed by atoms with E-state index in [2.05, 4.69) is 58.5 Å². The first-order chi connectivity index (χ1) is 9.84. The molecule has 102 valence electrons. The molecule has 1 aromatic heterocycles. The largest absolute Gasteiger partial charge is 0.358 e. The lowest BCUT2D eigenvalue weighted by molar-refractivity contribution is 0.422. The summed E-state index contributed by atoms with van der Waals surface area (Å²) >= 11 is 0. The Kier molecular flexibility index (Phi) is 2.74. The van der Waals surface area contributed by atoms with Gasteiger partial charge in [-0.25, -0.2) is 0 Å². The number of pyridine rings is 1. The Morgan fingerprint density at radius 3 is 3.00 bits per heavy atom. The summed E-state index contributed by atoms with van der Waals surface area (Å²) in [7, 11) is 0. The minimum Gasteiger partial charge on any atom is -0.358 e. The molecular weight excluding hydrogens is 246 g/mol. The van der Waals surface area contributed by atoms with E-state index in [0.29, 0.717) is 12.1 Å². The highest BCUT2D eigenvalue weighted by atomic mass is 15.3. The summed E-state index contributed by atoms with van der Waals surface area (Å²) in [5.41, 5.74) is 5.37. The molecule has 3 heterocycles. The highest BCUT2D eigenvalue weighted by Crippen LogP contribution is 2.38. The third kappa shape index (κ3) is 1.74. The van der Waals surface area contributed by atoms with Crippen molar-refractivity contribution in [1.29, 1.82) is 0 Å². The van der Waals surface area contributed by atoms with E-state index < -0.39 is 0 Å². The number of anilines is 1. The number of nitrogens with zero attached hydrogens (tertiary/aromatic N) is 2. The topological polar surface area (TPSA) is 28.2 Å². The molecule has 0 saturated carbocycles. The Balaban J connectivity index is 1.94. The molecule has 0 radical (unpaired) electrons. The van der Waals surface area contributed by atoms with E-state index in [0.717, 1.165) is 19.5 Å². The van der Waals surface area contributed by atoms with Gasteiger partial charge in [-0.1, -0.05) is 24.3 Å². The van der Waals surface area contributed by atoms with Gasteiger partial charge < -0.3 is 10.2 Å². The Morgan fingerprint density at radius 1 is 1.15 bits per heavy atom. The number of nitrogens with one attached hydrogen (secondary N) is 1. The molecule has 3 heteroatoms. The second-order valence-electron chi connectivity index (χ2n) is 5.78. The molecule has 0 aliphatic carbocycles. The Labute approximate surface area is 119 Å². The molecular formula is C17H19N3. The van der Waals surface area contributed by atoms with Crippen LogP contribution in [-0.2, 0) is 6.42 Å². The van der Waals surface area contributed by atoms with Gasteiger partial charge in [0.1, 0.15) is 0 Å². The Morgan fingerprint density at radius 2 is 2.05 bits per heavy atom. The average Bonchev–Trinajstić information content (AvgIpc) is 2.62. The van der Waals surface area contributed by atoms with Crippen LogP contribution < -0.4 is 10.2 Å². The number of hydrogen-bond donors (Lipinski definition) is 1. The van der Waals surface area contributed by atoms with Crippen molar-refractivity contribution in [3.05, 3.63) is 59.4 Å². The van der Waals surface area contributed by atoms with E-state index in [1.54, 1.807) is 0 Å². The first kappa shape index (κ1) is 11.9. The molecule has 20 heavy (non-hydrogen) atoms. The summed E-state index contributed by atoms with van der Waals surface area (Å²) < 4.78 is 0. The number of rotatable bonds is 0. The summed E-state index contributed by atoms with van der Waals surface area (Å²) in [6, 6.07) is 14.0. The van der Waals surface area contributed by atoms with Gasteiger partial charge in [-0.3, -0.25) is 4.98 Å². The lowest BCUT2D eigenvalue weighted by atomic mass is 9.96. The highest BCUT2D eigenvalue weighted by Gasteiger charge is 2.34. The molecule has 2 unspecified atom stereocenters. The third-order valence-corrected chi connectivity index (χ3v) is 4.50. The van der Waals surface area contributed by atoms with Crippen molar-refractivity contribution < 1.29 is 0 Å². The normalized spacial score (nSPS) is 24.4. The Hall–Kier alpha value is -1.87. The van der Waals surface area contributed by atoms with Crippen LogP contribution in [0.4, 0.5) is 5.69 Å². The molecule has 0 spiro atoms. The fraction of sp³-hybridized carbons (Fsp3) is 0.353. The van der Waals surface area contributed by atoms with Crippen molar-refractivity contribution in [2.24, 2.45) is 0 Å². The molecule has 0 amide bonds. The standard InChI is InChI=1S/C17H19N3/c1-12-10-18-11-17-14-6-3-2-5-13(14)9-15-16(20(12)17)7-4-8-19-15/h2-8,12,17-18H,9-11H2,1H3. The minimum absolute atomic E-state index is 0.417. The molecule has 2 aliphatic heterocycles. The van der Waals surface area contributed by atoms with Gasteiger partial charge in [0.25, 0.3) is 0 Å². The van der Waals surface area contributed by atoms with Gasteiger partial charge in [0.2, 0.25) is 0 Å². The van der Waals surface area contributed by atoms with E-state index in [1.165, 1.54) is 22.5 Å². The maximum atomic E-state index is 4.64. The zero-order valence-electron chi connectivity index (χ0n) is 11.7. The molecule has 4 rings (SSSR count). The van der Waals surface area contributed by atoms with Gasteiger partial charge in [0.05, 0.1) is 17.4 Å². The predicted octanol–water partition coefficient (Wildman–Crippen LogP) is 2.53. The Bertz CT molecular complexity index is 638. The quantitative estimate of drug-likeness (QED) is 0.793. The number of benzene rings is 1. The maximum Gasteiger partial charge on any atom is 0.0680 e. The van der Waals surface area contributed by atoms with Crippen LogP contribution in [0.2, 0.25) is 0 Å². The van der Waals surface area contributed by atoms with Crippen molar-refractivity contribution in [1.82, 2.24) is 10.3 Å². The molecule has 0 bridgehead atoms. The van der Waals surface area contributed by atoms with Crippen LogP contribution in [0.25, 0.3) is 0 Å². The lowest BCUT2D eigenvalue weighted by Crippen LogP contribution is -2.52. The van der Waals surface area contributed by atoms with Gasteiger partial charge in [-0.05, 0) is 30.2 Å². The molecule has 1 saturated heterocycles. The van der Waals surface area contributed by atoms with Crippen molar-refractivity contribution >= 4 is 5.69 Å². The summed E-state index contributed by atoms with van der Waals surface area (Å²) in [5, 5.41) is 3.57. The summed E-state index contributed by atoms with van der Waals surface area (Å²) in [4.78, 5) is 7.20. The van der Waals surface area contributed by atoms with Crippen LogP contribution in [0.15, 0.2) is 42.6 Å². The van der Waals surface area contributed by atoms with Crippen LogP contribution in [-0.4, -0.2) is 24.1 Å². The van der Waals surface area contributed by atoms with Crippen LogP contribution in [0.5, 0.6) is 0 Å². The second kappa shape index (κ2) is 4.60. The van der Waals surface area contributed by atoms with Gasteiger partial charge in [-0.2, -0.15) is 0 Å².